The molecule has 7 heteroatoms. The van der Waals surface area contributed by atoms with Crippen molar-refractivity contribution in [1.29, 1.82) is 0 Å². The highest BCUT2D eigenvalue weighted by Gasteiger charge is 2.18. The summed E-state index contributed by atoms with van der Waals surface area (Å²) < 4.78 is 5.25. The number of hydrogen-bond donors (Lipinski definition) is 1. The van der Waals surface area contributed by atoms with Crippen LogP contribution in [0.15, 0.2) is 35.5 Å². The van der Waals surface area contributed by atoms with E-state index in [4.69, 9.17) is 4.74 Å². The van der Waals surface area contributed by atoms with E-state index in [-0.39, 0.29) is 12.3 Å². The SMILES string of the molecule is CSc1nc(C)c(CCC(=O)O[C@H](C)C(=O)NCc2ccccc2)c(C)n1. The van der Waals surface area contributed by atoms with Gasteiger partial charge in [0.05, 0.1) is 0 Å². The molecule has 1 N–H and O–H groups in total. The van der Waals surface area contributed by atoms with E-state index in [1.165, 1.54) is 11.8 Å². The van der Waals surface area contributed by atoms with Crippen LogP contribution in [0.2, 0.25) is 0 Å². The van der Waals surface area contributed by atoms with Gasteiger partial charge < -0.3 is 10.1 Å². The molecule has 2 aromatic rings. The molecular formula is C20H25N3O3S. The third kappa shape index (κ3) is 6.36. The molecule has 1 aromatic heterocycles. The Hall–Kier alpha value is -2.41. The molecule has 27 heavy (non-hydrogen) atoms. The molecule has 1 amide bonds. The summed E-state index contributed by atoms with van der Waals surface area (Å²) in [5, 5.41) is 3.49. The minimum atomic E-state index is -0.835. The van der Waals surface area contributed by atoms with Crippen LogP contribution >= 0.6 is 11.8 Å². The lowest BCUT2D eigenvalue weighted by atomic mass is 10.1. The number of hydrogen-bond acceptors (Lipinski definition) is 6. The number of aromatic nitrogens is 2. The molecule has 1 aromatic carbocycles. The lowest BCUT2D eigenvalue weighted by Gasteiger charge is -2.14. The van der Waals surface area contributed by atoms with Crippen molar-refractivity contribution in [1.82, 2.24) is 15.3 Å². The monoisotopic (exact) mass is 387 g/mol. The molecule has 0 aliphatic heterocycles. The third-order valence-corrected chi connectivity index (χ3v) is 4.70. The predicted octanol–water partition coefficient (Wildman–Crippen LogP) is 3.00. The van der Waals surface area contributed by atoms with E-state index in [0.29, 0.717) is 13.0 Å². The third-order valence-electron chi connectivity index (χ3n) is 4.15. The van der Waals surface area contributed by atoms with Gasteiger partial charge in [0, 0.05) is 24.4 Å². The van der Waals surface area contributed by atoms with Gasteiger partial charge in [-0.05, 0) is 44.6 Å². The van der Waals surface area contributed by atoms with Crippen LogP contribution in [-0.2, 0) is 27.3 Å². The topological polar surface area (TPSA) is 81.2 Å². The number of amides is 1. The van der Waals surface area contributed by atoms with E-state index in [9.17, 15) is 9.59 Å². The molecule has 2 rings (SSSR count). The molecule has 0 fully saturated rings. The molecule has 0 bridgehead atoms. The van der Waals surface area contributed by atoms with Gasteiger partial charge in [-0.25, -0.2) is 9.97 Å². The normalized spacial score (nSPS) is 11.7. The molecule has 1 atom stereocenters. The highest BCUT2D eigenvalue weighted by molar-refractivity contribution is 7.98. The molecular weight excluding hydrogens is 362 g/mol. The Morgan fingerprint density at radius 3 is 2.37 bits per heavy atom. The van der Waals surface area contributed by atoms with E-state index in [2.05, 4.69) is 15.3 Å². The van der Waals surface area contributed by atoms with Gasteiger partial charge in [0.1, 0.15) is 0 Å². The number of carbonyl (C=O) groups is 2. The summed E-state index contributed by atoms with van der Waals surface area (Å²) in [6.45, 7) is 5.80. The van der Waals surface area contributed by atoms with Gasteiger partial charge in [0.25, 0.3) is 5.91 Å². The van der Waals surface area contributed by atoms with Crippen molar-refractivity contribution in [3.05, 3.63) is 52.8 Å². The van der Waals surface area contributed by atoms with Crippen molar-refractivity contribution < 1.29 is 14.3 Å². The van der Waals surface area contributed by atoms with Crippen LogP contribution in [0, 0.1) is 13.8 Å². The van der Waals surface area contributed by atoms with Crippen LogP contribution in [0.25, 0.3) is 0 Å². The van der Waals surface area contributed by atoms with Gasteiger partial charge in [0.15, 0.2) is 11.3 Å². The van der Waals surface area contributed by atoms with Gasteiger partial charge in [0.2, 0.25) is 0 Å². The summed E-state index contributed by atoms with van der Waals surface area (Å²) >= 11 is 1.49. The fourth-order valence-electron chi connectivity index (χ4n) is 2.63. The second-order valence-electron chi connectivity index (χ2n) is 6.20. The zero-order valence-corrected chi connectivity index (χ0v) is 16.9. The molecule has 0 saturated carbocycles. The maximum atomic E-state index is 12.1. The Morgan fingerprint density at radius 2 is 1.78 bits per heavy atom. The number of esters is 1. The summed E-state index contributed by atoms with van der Waals surface area (Å²) in [6.07, 6.45) is 1.76. The fraction of sp³-hybridized carbons (Fsp3) is 0.400. The molecule has 6 nitrogen and oxygen atoms in total. The number of aryl methyl sites for hydroxylation is 2. The molecule has 0 aliphatic rings. The van der Waals surface area contributed by atoms with Gasteiger partial charge in [-0.1, -0.05) is 42.1 Å². The summed E-state index contributed by atoms with van der Waals surface area (Å²) in [5.41, 5.74) is 3.68. The first-order valence-electron chi connectivity index (χ1n) is 8.80. The first-order valence-corrected chi connectivity index (χ1v) is 10.0. The Labute approximate surface area is 164 Å². The molecule has 144 valence electrons. The van der Waals surface area contributed by atoms with Crippen LogP contribution in [0.3, 0.4) is 0 Å². The minimum absolute atomic E-state index is 0.181. The van der Waals surface area contributed by atoms with E-state index >= 15 is 0 Å². The number of benzene rings is 1. The predicted molar refractivity (Wildman–Crippen MR) is 105 cm³/mol. The molecule has 0 unspecified atom stereocenters. The van der Waals surface area contributed by atoms with Crippen LogP contribution in [0.1, 0.15) is 35.9 Å². The van der Waals surface area contributed by atoms with E-state index in [1.807, 2.05) is 50.4 Å². The Balaban J connectivity index is 1.82. The van der Waals surface area contributed by atoms with Crippen molar-refractivity contribution in [3.63, 3.8) is 0 Å². The number of thioether (sulfide) groups is 1. The van der Waals surface area contributed by atoms with Crippen LogP contribution in [0.4, 0.5) is 0 Å². The second kappa shape index (κ2) is 10.1. The van der Waals surface area contributed by atoms with E-state index in [1.54, 1.807) is 6.92 Å². The van der Waals surface area contributed by atoms with Crippen molar-refractivity contribution in [3.8, 4) is 0 Å². The smallest absolute Gasteiger partial charge is 0.306 e. The lowest BCUT2D eigenvalue weighted by Crippen LogP contribution is -2.35. The number of rotatable bonds is 8. The van der Waals surface area contributed by atoms with Crippen molar-refractivity contribution in [2.24, 2.45) is 0 Å². The standard InChI is InChI=1S/C20H25N3O3S/c1-13-17(14(2)23-20(22-13)27-4)10-11-18(24)26-15(3)19(25)21-12-16-8-6-5-7-9-16/h5-9,15H,10-12H2,1-4H3,(H,21,25)/t15-/m1/s1. The number of nitrogens with zero attached hydrogens (tertiary/aromatic N) is 2. The number of nitrogens with one attached hydrogen (secondary N) is 1. The summed E-state index contributed by atoms with van der Waals surface area (Å²) in [4.78, 5) is 33.0. The number of carbonyl (C=O) groups excluding carboxylic acids is 2. The summed E-state index contributed by atoms with van der Waals surface area (Å²) in [6, 6.07) is 9.57. The largest absolute Gasteiger partial charge is 0.453 e. The van der Waals surface area contributed by atoms with Crippen LogP contribution in [0.5, 0.6) is 0 Å². The Morgan fingerprint density at radius 1 is 1.15 bits per heavy atom. The minimum Gasteiger partial charge on any atom is -0.453 e. The summed E-state index contributed by atoms with van der Waals surface area (Å²) in [7, 11) is 0. The van der Waals surface area contributed by atoms with Gasteiger partial charge in [-0.2, -0.15) is 0 Å². The molecule has 1 heterocycles. The van der Waals surface area contributed by atoms with Gasteiger partial charge >= 0.3 is 5.97 Å². The maximum Gasteiger partial charge on any atom is 0.306 e. The first-order chi connectivity index (χ1) is 12.9. The van der Waals surface area contributed by atoms with E-state index in [0.717, 1.165) is 27.7 Å². The Bertz CT molecular complexity index is 773. The van der Waals surface area contributed by atoms with Crippen molar-refractivity contribution in [2.75, 3.05) is 6.26 Å². The second-order valence-corrected chi connectivity index (χ2v) is 6.97. The lowest BCUT2D eigenvalue weighted by molar-refractivity contribution is -0.154. The molecule has 0 spiro atoms. The zero-order chi connectivity index (χ0) is 19.8. The maximum absolute atomic E-state index is 12.1. The fourth-order valence-corrected chi connectivity index (χ4v) is 3.08. The van der Waals surface area contributed by atoms with E-state index < -0.39 is 12.1 Å². The molecule has 0 saturated heterocycles. The highest BCUT2D eigenvalue weighted by Crippen LogP contribution is 2.17. The Kier molecular flexibility index (Phi) is 7.79. The van der Waals surface area contributed by atoms with Crippen LogP contribution in [-0.4, -0.2) is 34.2 Å². The summed E-state index contributed by atoms with van der Waals surface area (Å²) in [5.74, 6) is -0.725. The van der Waals surface area contributed by atoms with Gasteiger partial charge in [-0.15, -0.1) is 0 Å². The zero-order valence-electron chi connectivity index (χ0n) is 16.1. The van der Waals surface area contributed by atoms with Crippen molar-refractivity contribution >= 4 is 23.6 Å². The molecule has 0 radical (unpaired) electrons. The quantitative estimate of drug-likeness (QED) is 0.426. The van der Waals surface area contributed by atoms with Crippen molar-refractivity contribution in [2.45, 2.75) is 51.4 Å². The van der Waals surface area contributed by atoms with Crippen LogP contribution < -0.4 is 5.32 Å². The average Bonchev–Trinajstić information content (AvgIpc) is 2.65. The average molecular weight is 388 g/mol. The number of ether oxygens (including phenoxy) is 1. The molecule has 0 aliphatic carbocycles. The van der Waals surface area contributed by atoms with Gasteiger partial charge in [-0.3, -0.25) is 9.59 Å². The first kappa shape index (κ1) is 20.9. The highest BCUT2D eigenvalue weighted by atomic mass is 32.2.